The number of carbonyl (C=O) groups is 2. The number of carbonyl (C=O) groups excluding carboxylic acids is 2. The molecule has 30 heavy (non-hydrogen) atoms. The molecule has 5 heteroatoms. The molecule has 0 atom stereocenters. The van der Waals surface area contributed by atoms with Crippen LogP contribution in [0.15, 0.2) is 58.6 Å². The lowest BCUT2D eigenvalue weighted by molar-refractivity contribution is -0.140. The van der Waals surface area contributed by atoms with Crippen LogP contribution in [0.3, 0.4) is 0 Å². The van der Waals surface area contributed by atoms with Crippen LogP contribution in [0.1, 0.15) is 60.5 Å². The van der Waals surface area contributed by atoms with Crippen molar-refractivity contribution >= 4 is 33.5 Å². The van der Waals surface area contributed by atoms with Gasteiger partial charge in [0.2, 0.25) is 0 Å². The number of fused-ring (bicyclic) bond motifs is 1. The van der Waals surface area contributed by atoms with E-state index in [0.29, 0.717) is 23.4 Å². The van der Waals surface area contributed by atoms with Crippen molar-refractivity contribution in [2.75, 3.05) is 6.61 Å². The van der Waals surface area contributed by atoms with Crippen molar-refractivity contribution < 1.29 is 14.3 Å². The minimum absolute atomic E-state index is 0.220. The Morgan fingerprint density at radius 3 is 2.43 bits per heavy atom. The van der Waals surface area contributed by atoms with Gasteiger partial charge in [-0.3, -0.25) is 4.79 Å². The Morgan fingerprint density at radius 1 is 1.03 bits per heavy atom. The molecule has 0 radical (unpaired) electrons. The molecule has 0 unspecified atom stereocenters. The summed E-state index contributed by atoms with van der Waals surface area (Å²) in [5, 5.41) is 3.10. The van der Waals surface area contributed by atoms with E-state index >= 15 is 0 Å². The van der Waals surface area contributed by atoms with Crippen molar-refractivity contribution in [3.63, 3.8) is 0 Å². The molecule has 0 heterocycles. The number of halogens is 1. The van der Waals surface area contributed by atoms with Crippen LogP contribution in [0.5, 0.6) is 0 Å². The van der Waals surface area contributed by atoms with Gasteiger partial charge in [0, 0.05) is 21.0 Å². The highest BCUT2D eigenvalue weighted by atomic mass is 79.9. The Kier molecular flexibility index (Phi) is 6.09. The van der Waals surface area contributed by atoms with Gasteiger partial charge >= 0.3 is 5.97 Å². The number of ether oxygens (including phenoxy) is 1. The number of esters is 1. The Hall–Kier alpha value is -2.40. The van der Waals surface area contributed by atoms with Crippen LogP contribution in [-0.2, 0) is 16.0 Å². The van der Waals surface area contributed by atoms with E-state index in [1.165, 1.54) is 12.0 Å². The van der Waals surface area contributed by atoms with Gasteiger partial charge in [0.25, 0.3) is 5.91 Å². The van der Waals surface area contributed by atoms with Crippen LogP contribution in [0.2, 0.25) is 0 Å². The molecule has 4 rings (SSSR count). The summed E-state index contributed by atoms with van der Waals surface area (Å²) in [6.45, 7) is 2.14. The Morgan fingerprint density at radius 2 is 1.73 bits per heavy atom. The minimum Gasteiger partial charge on any atom is -0.463 e. The molecule has 2 aromatic carbocycles. The maximum Gasteiger partial charge on any atom is 0.336 e. The molecule has 1 saturated carbocycles. The second kappa shape index (κ2) is 8.76. The number of benzene rings is 2. The van der Waals surface area contributed by atoms with E-state index in [1.807, 2.05) is 37.3 Å². The van der Waals surface area contributed by atoms with Gasteiger partial charge in [-0.2, -0.15) is 0 Å². The molecule has 2 aliphatic rings. The third kappa shape index (κ3) is 3.95. The summed E-state index contributed by atoms with van der Waals surface area (Å²) in [6, 6.07) is 15.3. The van der Waals surface area contributed by atoms with Crippen molar-refractivity contribution in [2.24, 2.45) is 5.41 Å². The van der Waals surface area contributed by atoms with Gasteiger partial charge in [0.05, 0.1) is 17.9 Å². The quantitative estimate of drug-likeness (QED) is 0.590. The first-order valence-corrected chi connectivity index (χ1v) is 11.4. The smallest absolute Gasteiger partial charge is 0.336 e. The lowest BCUT2D eigenvalue weighted by Gasteiger charge is -2.43. The van der Waals surface area contributed by atoms with Crippen molar-refractivity contribution in [3.8, 4) is 0 Å². The summed E-state index contributed by atoms with van der Waals surface area (Å²) in [5.74, 6) is -0.526. The number of hydrogen-bond donors (Lipinski definition) is 1. The zero-order chi connectivity index (χ0) is 21.1. The van der Waals surface area contributed by atoms with E-state index in [0.717, 1.165) is 42.1 Å². The Balaban J connectivity index is 1.84. The Bertz CT molecular complexity index is 988. The molecular weight excluding hydrogens is 442 g/mol. The van der Waals surface area contributed by atoms with Crippen molar-refractivity contribution in [1.29, 1.82) is 0 Å². The van der Waals surface area contributed by atoms with Gasteiger partial charge in [-0.05, 0) is 56.0 Å². The molecule has 2 aromatic rings. The standard InChI is InChI=1S/C25H26BrNO3/c1-2-30-24(29)21-22(27-23(28)17-10-12-19(26)13-11-17)20-9-5-4-8-18(20)16-25(21)14-6-3-7-15-25/h4-5,8-13H,2-3,6-7,14-16H2,1H3,(H,27,28). The fourth-order valence-corrected chi connectivity index (χ4v) is 5.13. The lowest BCUT2D eigenvalue weighted by atomic mass is 9.62. The lowest BCUT2D eigenvalue weighted by Crippen LogP contribution is -2.40. The zero-order valence-electron chi connectivity index (χ0n) is 17.2. The first-order valence-electron chi connectivity index (χ1n) is 10.6. The van der Waals surface area contributed by atoms with Crippen molar-refractivity contribution in [3.05, 3.63) is 75.3 Å². The molecule has 1 N–H and O–H groups in total. The summed E-state index contributed by atoms with van der Waals surface area (Å²) in [4.78, 5) is 26.3. The second-order valence-corrected chi connectivity index (χ2v) is 9.02. The monoisotopic (exact) mass is 467 g/mol. The van der Waals surface area contributed by atoms with Crippen LogP contribution < -0.4 is 5.32 Å². The van der Waals surface area contributed by atoms with E-state index in [-0.39, 0.29) is 17.3 Å². The fourth-order valence-electron chi connectivity index (χ4n) is 4.87. The minimum atomic E-state index is -0.306. The van der Waals surface area contributed by atoms with Gasteiger partial charge in [-0.25, -0.2) is 4.79 Å². The normalized spacial score (nSPS) is 17.4. The number of nitrogens with one attached hydrogen (secondary N) is 1. The molecule has 1 fully saturated rings. The van der Waals surface area contributed by atoms with E-state index in [4.69, 9.17) is 4.74 Å². The molecule has 0 aromatic heterocycles. The van der Waals surface area contributed by atoms with Crippen LogP contribution in [0, 0.1) is 5.41 Å². The van der Waals surface area contributed by atoms with Crippen molar-refractivity contribution in [2.45, 2.75) is 45.4 Å². The largest absolute Gasteiger partial charge is 0.463 e. The third-order valence-electron chi connectivity index (χ3n) is 6.23. The first kappa shape index (κ1) is 20.9. The zero-order valence-corrected chi connectivity index (χ0v) is 18.8. The summed E-state index contributed by atoms with van der Waals surface area (Å²) in [7, 11) is 0. The third-order valence-corrected chi connectivity index (χ3v) is 6.76. The van der Waals surface area contributed by atoms with Crippen LogP contribution in [0.25, 0.3) is 5.70 Å². The molecule has 0 bridgehead atoms. The molecule has 0 saturated heterocycles. The molecule has 0 aliphatic heterocycles. The predicted octanol–water partition coefficient (Wildman–Crippen LogP) is 5.66. The van der Waals surface area contributed by atoms with E-state index < -0.39 is 0 Å². The van der Waals surface area contributed by atoms with Crippen molar-refractivity contribution in [1.82, 2.24) is 5.32 Å². The van der Waals surface area contributed by atoms with Gasteiger partial charge < -0.3 is 10.1 Å². The topological polar surface area (TPSA) is 55.4 Å². The maximum atomic E-state index is 13.2. The average molecular weight is 468 g/mol. The highest BCUT2D eigenvalue weighted by Crippen LogP contribution is 2.51. The van der Waals surface area contributed by atoms with Gasteiger partial charge in [-0.15, -0.1) is 0 Å². The van der Waals surface area contributed by atoms with E-state index in [2.05, 4.69) is 27.3 Å². The van der Waals surface area contributed by atoms with E-state index in [1.54, 1.807) is 12.1 Å². The first-order chi connectivity index (χ1) is 14.5. The van der Waals surface area contributed by atoms with Gasteiger partial charge in [0.15, 0.2) is 0 Å². The highest BCUT2D eigenvalue weighted by molar-refractivity contribution is 9.10. The summed E-state index contributed by atoms with van der Waals surface area (Å²) >= 11 is 3.41. The summed E-state index contributed by atoms with van der Waals surface area (Å²) < 4.78 is 6.41. The van der Waals surface area contributed by atoms with Gasteiger partial charge in [-0.1, -0.05) is 59.5 Å². The molecule has 4 nitrogen and oxygen atoms in total. The number of hydrogen-bond acceptors (Lipinski definition) is 3. The Labute approximate surface area is 185 Å². The summed E-state index contributed by atoms with van der Waals surface area (Å²) in [6.07, 6.45) is 6.04. The molecular formula is C25H26BrNO3. The van der Waals surface area contributed by atoms with Crippen LogP contribution in [-0.4, -0.2) is 18.5 Å². The average Bonchev–Trinajstić information content (AvgIpc) is 2.75. The molecule has 156 valence electrons. The fraction of sp³-hybridized carbons (Fsp3) is 0.360. The molecule has 1 amide bonds. The predicted molar refractivity (Wildman–Crippen MR) is 121 cm³/mol. The maximum absolute atomic E-state index is 13.2. The highest BCUT2D eigenvalue weighted by Gasteiger charge is 2.45. The van der Waals surface area contributed by atoms with E-state index in [9.17, 15) is 9.59 Å². The second-order valence-electron chi connectivity index (χ2n) is 8.11. The van der Waals surface area contributed by atoms with Gasteiger partial charge in [0.1, 0.15) is 0 Å². The summed E-state index contributed by atoms with van der Waals surface area (Å²) in [5.41, 5.74) is 3.63. The molecule has 1 spiro atoms. The molecule has 2 aliphatic carbocycles. The van der Waals surface area contributed by atoms with Crippen LogP contribution >= 0.6 is 15.9 Å². The number of rotatable bonds is 4. The SMILES string of the molecule is CCOC(=O)C1=C(NC(=O)c2ccc(Br)cc2)c2ccccc2CC12CCCCC2. The van der Waals surface area contributed by atoms with Crippen LogP contribution in [0.4, 0.5) is 0 Å². The number of amides is 1.